The lowest BCUT2D eigenvalue weighted by Gasteiger charge is -2.08. The highest BCUT2D eigenvalue weighted by molar-refractivity contribution is 6.04. The molecule has 2 aromatic carbocycles. The van der Waals surface area contributed by atoms with E-state index in [-0.39, 0.29) is 11.8 Å². The summed E-state index contributed by atoms with van der Waals surface area (Å²) in [6.45, 7) is 0.520. The number of nitrogens with one attached hydrogen (secondary N) is 2. The zero-order valence-corrected chi connectivity index (χ0v) is 13.5. The molecule has 1 saturated carbocycles. The molecule has 0 atom stereocenters. The van der Waals surface area contributed by atoms with Gasteiger partial charge in [0.15, 0.2) is 0 Å². The number of carbonyl (C=O) groups excluding carboxylic acids is 2. The van der Waals surface area contributed by atoms with Crippen LogP contribution in [-0.2, 0) is 11.3 Å². The van der Waals surface area contributed by atoms with E-state index in [1.54, 1.807) is 43.5 Å². The number of rotatable bonds is 6. The second kappa shape index (κ2) is 7.27. The third-order valence-corrected chi connectivity index (χ3v) is 3.84. The topological polar surface area (TPSA) is 67.4 Å². The molecule has 124 valence electrons. The maximum atomic E-state index is 12.2. The molecule has 0 bridgehead atoms. The summed E-state index contributed by atoms with van der Waals surface area (Å²) in [6.07, 6.45) is 2.12. The van der Waals surface area contributed by atoms with Crippen LogP contribution in [0.2, 0.25) is 0 Å². The Balaban J connectivity index is 1.60. The summed E-state index contributed by atoms with van der Waals surface area (Å²) in [4.78, 5) is 24.2. The quantitative estimate of drug-likeness (QED) is 0.858. The number of hydrogen-bond donors (Lipinski definition) is 2. The number of hydrogen-bond acceptors (Lipinski definition) is 3. The normalized spacial score (nSPS) is 13.4. The molecular weight excluding hydrogens is 304 g/mol. The lowest BCUT2D eigenvalue weighted by atomic mass is 10.1. The summed E-state index contributed by atoms with van der Waals surface area (Å²) in [6, 6.07) is 14.5. The molecule has 0 aliphatic heterocycles. The summed E-state index contributed by atoms with van der Waals surface area (Å²) in [5.74, 6) is -0.252. The van der Waals surface area contributed by atoms with Crippen LogP contribution in [-0.4, -0.2) is 25.0 Å². The van der Waals surface area contributed by atoms with Crippen LogP contribution in [0.25, 0.3) is 0 Å². The van der Waals surface area contributed by atoms with Crippen LogP contribution in [0.3, 0.4) is 0 Å². The van der Waals surface area contributed by atoms with Gasteiger partial charge in [-0.25, -0.2) is 0 Å². The van der Waals surface area contributed by atoms with Crippen LogP contribution in [0.5, 0.6) is 0 Å². The molecule has 0 aromatic heterocycles. The van der Waals surface area contributed by atoms with Crippen molar-refractivity contribution in [2.24, 2.45) is 0 Å². The smallest absolute Gasteiger partial charge is 0.255 e. The number of methoxy groups -OCH3 is 1. The van der Waals surface area contributed by atoms with Crippen molar-refractivity contribution in [3.63, 3.8) is 0 Å². The molecule has 0 heterocycles. The molecule has 3 rings (SSSR count). The van der Waals surface area contributed by atoms with Gasteiger partial charge in [-0.2, -0.15) is 0 Å². The standard InChI is InChI=1S/C19H20N2O3/c1-24-12-13-2-4-14(5-3-13)18(22)20-16-8-6-15(7-9-16)19(23)21-17-10-11-17/h2-9,17H,10-12H2,1H3,(H,20,22)(H,21,23). The van der Waals surface area contributed by atoms with E-state index < -0.39 is 0 Å². The zero-order chi connectivity index (χ0) is 16.9. The van der Waals surface area contributed by atoms with Crippen molar-refractivity contribution in [3.05, 3.63) is 65.2 Å². The van der Waals surface area contributed by atoms with Gasteiger partial charge >= 0.3 is 0 Å². The fourth-order valence-corrected chi connectivity index (χ4v) is 2.32. The van der Waals surface area contributed by atoms with Gasteiger partial charge in [-0.15, -0.1) is 0 Å². The molecule has 2 N–H and O–H groups in total. The monoisotopic (exact) mass is 324 g/mol. The molecule has 24 heavy (non-hydrogen) atoms. The predicted octanol–water partition coefficient (Wildman–Crippen LogP) is 2.98. The predicted molar refractivity (Wildman–Crippen MR) is 92.0 cm³/mol. The second-order valence-corrected chi connectivity index (χ2v) is 5.91. The Bertz CT molecular complexity index is 719. The first-order valence-electron chi connectivity index (χ1n) is 7.96. The fourth-order valence-electron chi connectivity index (χ4n) is 2.32. The van der Waals surface area contributed by atoms with E-state index in [4.69, 9.17) is 4.74 Å². The summed E-state index contributed by atoms with van der Waals surface area (Å²) in [7, 11) is 1.63. The van der Waals surface area contributed by atoms with Crippen LogP contribution in [0.4, 0.5) is 5.69 Å². The fraction of sp³-hybridized carbons (Fsp3) is 0.263. The van der Waals surface area contributed by atoms with Crippen LogP contribution in [0.15, 0.2) is 48.5 Å². The highest BCUT2D eigenvalue weighted by Crippen LogP contribution is 2.20. The SMILES string of the molecule is COCc1ccc(C(=O)Nc2ccc(C(=O)NC3CC3)cc2)cc1. The average molecular weight is 324 g/mol. The minimum atomic E-state index is -0.186. The summed E-state index contributed by atoms with van der Waals surface area (Å²) in [5, 5.41) is 5.76. The van der Waals surface area contributed by atoms with Crippen molar-refractivity contribution in [1.29, 1.82) is 0 Å². The van der Waals surface area contributed by atoms with Crippen LogP contribution >= 0.6 is 0 Å². The first kappa shape index (κ1) is 16.2. The van der Waals surface area contributed by atoms with Crippen molar-refractivity contribution in [1.82, 2.24) is 5.32 Å². The molecule has 2 aromatic rings. The third kappa shape index (κ3) is 4.20. The van der Waals surface area contributed by atoms with Crippen molar-refractivity contribution in [2.45, 2.75) is 25.5 Å². The molecular formula is C19H20N2O3. The van der Waals surface area contributed by atoms with E-state index in [0.717, 1.165) is 18.4 Å². The Hall–Kier alpha value is -2.66. The van der Waals surface area contributed by atoms with Crippen LogP contribution < -0.4 is 10.6 Å². The highest BCUT2D eigenvalue weighted by Gasteiger charge is 2.23. The lowest BCUT2D eigenvalue weighted by Crippen LogP contribution is -2.25. The van der Waals surface area contributed by atoms with Crippen LogP contribution in [0.1, 0.15) is 39.1 Å². The number of carbonyl (C=O) groups is 2. The number of benzene rings is 2. The molecule has 0 unspecified atom stereocenters. The zero-order valence-electron chi connectivity index (χ0n) is 13.5. The van der Waals surface area contributed by atoms with Crippen LogP contribution in [0, 0.1) is 0 Å². The van der Waals surface area contributed by atoms with E-state index >= 15 is 0 Å². The Morgan fingerprint density at radius 1 is 0.958 bits per heavy atom. The molecule has 1 fully saturated rings. The van der Waals surface area contributed by atoms with Gasteiger partial charge in [0.25, 0.3) is 11.8 Å². The van der Waals surface area contributed by atoms with Gasteiger partial charge < -0.3 is 15.4 Å². The maximum absolute atomic E-state index is 12.2. The van der Waals surface area contributed by atoms with Gasteiger partial charge in [0.05, 0.1) is 6.61 Å². The van der Waals surface area contributed by atoms with Gasteiger partial charge in [0.2, 0.25) is 0 Å². The average Bonchev–Trinajstić information content (AvgIpc) is 3.40. The van der Waals surface area contributed by atoms with Gasteiger partial charge in [0, 0.05) is 30.0 Å². The number of ether oxygens (including phenoxy) is 1. The molecule has 5 nitrogen and oxygen atoms in total. The molecule has 5 heteroatoms. The van der Waals surface area contributed by atoms with E-state index in [1.807, 2.05) is 12.1 Å². The van der Waals surface area contributed by atoms with Gasteiger partial charge in [-0.05, 0) is 54.8 Å². The van der Waals surface area contributed by atoms with Gasteiger partial charge in [0.1, 0.15) is 0 Å². The number of anilines is 1. The summed E-state index contributed by atoms with van der Waals surface area (Å²) in [5.41, 5.74) is 2.85. The molecule has 0 radical (unpaired) electrons. The molecule has 0 spiro atoms. The minimum absolute atomic E-state index is 0.0656. The molecule has 1 aliphatic rings. The third-order valence-electron chi connectivity index (χ3n) is 3.84. The van der Waals surface area contributed by atoms with E-state index in [2.05, 4.69) is 10.6 Å². The summed E-state index contributed by atoms with van der Waals surface area (Å²) < 4.78 is 5.05. The lowest BCUT2D eigenvalue weighted by molar-refractivity contribution is 0.0950. The Morgan fingerprint density at radius 2 is 1.54 bits per heavy atom. The first-order valence-corrected chi connectivity index (χ1v) is 7.96. The van der Waals surface area contributed by atoms with Crippen molar-refractivity contribution in [3.8, 4) is 0 Å². The van der Waals surface area contributed by atoms with Crippen molar-refractivity contribution >= 4 is 17.5 Å². The molecule has 2 amide bonds. The molecule has 0 saturated heterocycles. The largest absolute Gasteiger partial charge is 0.380 e. The minimum Gasteiger partial charge on any atom is -0.380 e. The summed E-state index contributed by atoms with van der Waals surface area (Å²) >= 11 is 0. The van der Waals surface area contributed by atoms with Crippen molar-refractivity contribution < 1.29 is 14.3 Å². The highest BCUT2D eigenvalue weighted by atomic mass is 16.5. The first-order chi connectivity index (χ1) is 11.7. The molecule has 1 aliphatic carbocycles. The van der Waals surface area contributed by atoms with E-state index in [0.29, 0.717) is 29.5 Å². The van der Waals surface area contributed by atoms with E-state index in [1.165, 1.54) is 0 Å². The Morgan fingerprint density at radius 3 is 2.12 bits per heavy atom. The number of amides is 2. The Kier molecular flexibility index (Phi) is 4.91. The maximum Gasteiger partial charge on any atom is 0.255 e. The van der Waals surface area contributed by atoms with E-state index in [9.17, 15) is 9.59 Å². The Labute approximate surface area is 141 Å². The van der Waals surface area contributed by atoms with Gasteiger partial charge in [-0.3, -0.25) is 9.59 Å². The second-order valence-electron chi connectivity index (χ2n) is 5.91. The van der Waals surface area contributed by atoms with Gasteiger partial charge in [-0.1, -0.05) is 12.1 Å². The van der Waals surface area contributed by atoms with Crippen molar-refractivity contribution in [2.75, 3.05) is 12.4 Å².